The summed E-state index contributed by atoms with van der Waals surface area (Å²) >= 11 is 0. The molecule has 3 heterocycles. The molecule has 1 aliphatic heterocycles. The maximum atomic E-state index is 5.36. The van der Waals surface area contributed by atoms with E-state index in [-0.39, 0.29) is 0 Å². The average Bonchev–Trinajstić information content (AvgIpc) is 3.20. The maximum absolute atomic E-state index is 5.36. The smallest absolute Gasteiger partial charge is 0.227 e. The van der Waals surface area contributed by atoms with Crippen LogP contribution < -0.4 is 15.1 Å². The summed E-state index contributed by atoms with van der Waals surface area (Å²) in [5, 5.41) is 3.32. The highest BCUT2D eigenvalue weighted by atomic mass is 16.3. The fraction of sp³-hybridized carbons (Fsp3) is 0.300. The number of nitrogens with zero attached hydrogens (tertiary/aromatic N) is 4. The predicted molar refractivity (Wildman–Crippen MR) is 104 cm³/mol. The van der Waals surface area contributed by atoms with Crippen LogP contribution in [0.3, 0.4) is 0 Å². The Kier molecular flexibility index (Phi) is 4.73. The van der Waals surface area contributed by atoms with Gasteiger partial charge in [-0.2, -0.15) is 4.98 Å². The molecule has 1 fully saturated rings. The lowest BCUT2D eigenvalue weighted by Gasteiger charge is -2.36. The normalized spacial score (nSPS) is 14.5. The Morgan fingerprint density at radius 1 is 0.962 bits per heavy atom. The summed E-state index contributed by atoms with van der Waals surface area (Å²) in [7, 11) is 0. The quantitative estimate of drug-likeness (QED) is 0.763. The molecular formula is C20H23N5O. The number of aryl methyl sites for hydroxylation is 1. The number of furan rings is 1. The summed E-state index contributed by atoms with van der Waals surface area (Å²) < 4.78 is 5.36. The van der Waals surface area contributed by atoms with Crippen molar-refractivity contribution in [2.24, 2.45) is 0 Å². The van der Waals surface area contributed by atoms with E-state index in [0.717, 1.165) is 49.4 Å². The van der Waals surface area contributed by atoms with Gasteiger partial charge in [0.2, 0.25) is 5.95 Å². The Morgan fingerprint density at radius 3 is 2.46 bits per heavy atom. The molecule has 0 bridgehead atoms. The fourth-order valence-electron chi connectivity index (χ4n) is 3.18. The Labute approximate surface area is 153 Å². The van der Waals surface area contributed by atoms with Crippen LogP contribution in [0.4, 0.5) is 17.5 Å². The molecule has 0 amide bonds. The lowest BCUT2D eigenvalue weighted by Crippen LogP contribution is -2.47. The summed E-state index contributed by atoms with van der Waals surface area (Å²) in [5.41, 5.74) is 2.24. The number of hydrogen-bond donors (Lipinski definition) is 1. The van der Waals surface area contributed by atoms with E-state index in [0.29, 0.717) is 6.54 Å². The van der Waals surface area contributed by atoms with Gasteiger partial charge in [0, 0.05) is 43.6 Å². The first-order chi connectivity index (χ1) is 12.8. The molecule has 6 nitrogen and oxygen atoms in total. The number of aromatic nitrogens is 2. The van der Waals surface area contributed by atoms with Crippen LogP contribution in [0.2, 0.25) is 0 Å². The van der Waals surface area contributed by atoms with Gasteiger partial charge < -0.3 is 19.5 Å². The zero-order chi connectivity index (χ0) is 17.8. The van der Waals surface area contributed by atoms with Gasteiger partial charge in [-0.05, 0) is 31.2 Å². The van der Waals surface area contributed by atoms with Crippen molar-refractivity contribution in [1.82, 2.24) is 9.97 Å². The van der Waals surface area contributed by atoms with Crippen molar-refractivity contribution < 1.29 is 4.42 Å². The molecule has 26 heavy (non-hydrogen) atoms. The van der Waals surface area contributed by atoms with Crippen molar-refractivity contribution in [3.8, 4) is 0 Å². The molecule has 0 atom stereocenters. The van der Waals surface area contributed by atoms with E-state index < -0.39 is 0 Å². The highest BCUT2D eigenvalue weighted by Gasteiger charge is 2.19. The molecular weight excluding hydrogens is 326 g/mol. The Bertz CT molecular complexity index is 827. The summed E-state index contributed by atoms with van der Waals surface area (Å²) in [6, 6.07) is 16.4. The third-order valence-corrected chi connectivity index (χ3v) is 4.55. The molecule has 1 aliphatic rings. The van der Waals surface area contributed by atoms with Gasteiger partial charge in [-0.15, -0.1) is 0 Å². The molecule has 0 spiro atoms. The topological polar surface area (TPSA) is 57.4 Å². The van der Waals surface area contributed by atoms with E-state index in [4.69, 9.17) is 9.40 Å². The van der Waals surface area contributed by atoms with E-state index in [1.165, 1.54) is 5.69 Å². The Morgan fingerprint density at radius 2 is 1.73 bits per heavy atom. The monoisotopic (exact) mass is 349 g/mol. The van der Waals surface area contributed by atoms with Gasteiger partial charge in [0.15, 0.2) is 0 Å². The first kappa shape index (κ1) is 16.4. The van der Waals surface area contributed by atoms with Crippen LogP contribution in [0.1, 0.15) is 11.5 Å². The summed E-state index contributed by atoms with van der Waals surface area (Å²) in [4.78, 5) is 14.0. The van der Waals surface area contributed by atoms with Crippen LogP contribution in [-0.2, 0) is 6.54 Å². The van der Waals surface area contributed by atoms with Gasteiger partial charge in [-0.25, -0.2) is 4.98 Å². The number of hydrogen-bond acceptors (Lipinski definition) is 6. The predicted octanol–water partition coefficient (Wildman–Crippen LogP) is 3.32. The van der Waals surface area contributed by atoms with Crippen LogP contribution in [0.15, 0.2) is 59.2 Å². The maximum Gasteiger partial charge on any atom is 0.227 e. The largest absolute Gasteiger partial charge is 0.467 e. The molecule has 0 radical (unpaired) electrons. The van der Waals surface area contributed by atoms with Crippen molar-refractivity contribution in [2.75, 3.05) is 41.3 Å². The van der Waals surface area contributed by atoms with Crippen molar-refractivity contribution in [1.29, 1.82) is 0 Å². The lowest BCUT2D eigenvalue weighted by atomic mass is 10.2. The average molecular weight is 349 g/mol. The minimum atomic E-state index is 0.616. The number of anilines is 3. The molecule has 6 heteroatoms. The molecule has 3 aromatic rings. The Balaban J connectivity index is 1.41. The van der Waals surface area contributed by atoms with Gasteiger partial charge in [-0.1, -0.05) is 18.2 Å². The zero-order valence-electron chi connectivity index (χ0n) is 14.9. The second-order valence-electron chi connectivity index (χ2n) is 6.44. The number of piperazine rings is 1. The summed E-state index contributed by atoms with van der Waals surface area (Å²) in [6.45, 7) is 6.38. The number of benzene rings is 1. The molecule has 0 aliphatic carbocycles. The van der Waals surface area contributed by atoms with Crippen LogP contribution >= 0.6 is 0 Å². The van der Waals surface area contributed by atoms with E-state index in [1.54, 1.807) is 6.26 Å². The number of rotatable bonds is 5. The number of para-hydroxylation sites is 1. The molecule has 4 rings (SSSR count). The second-order valence-corrected chi connectivity index (χ2v) is 6.44. The van der Waals surface area contributed by atoms with E-state index >= 15 is 0 Å². The summed E-state index contributed by atoms with van der Waals surface area (Å²) in [6.07, 6.45) is 1.68. The van der Waals surface area contributed by atoms with Crippen molar-refractivity contribution in [3.05, 3.63) is 66.2 Å². The molecule has 2 aromatic heterocycles. The van der Waals surface area contributed by atoms with Crippen LogP contribution in [0.25, 0.3) is 0 Å². The lowest BCUT2D eigenvalue weighted by molar-refractivity contribution is 0.517. The standard InChI is InChI=1S/C20H23N5O/c1-16-14-19(21-15-18-8-5-13-26-18)23-20(22-16)25-11-9-24(10-12-25)17-6-3-2-4-7-17/h2-8,13-14H,9-12,15H2,1H3,(H,21,22,23). The minimum Gasteiger partial charge on any atom is -0.467 e. The van der Waals surface area contributed by atoms with Gasteiger partial charge in [0.25, 0.3) is 0 Å². The van der Waals surface area contributed by atoms with Crippen molar-refractivity contribution in [2.45, 2.75) is 13.5 Å². The molecule has 134 valence electrons. The first-order valence-electron chi connectivity index (χ1n) is 8.95. The molecule has 0 unspecified atom stereocenters. The number of nitrogens with one attached hydrogen (secondary N) is 1. The van der Waals surface area contributed by atoms with Crippen LogP contribution in [0, 0.1) is 6.92 Å². The Hall–Kier alpha value is -3.02. The molecule has 1 saturated heterocycles. The first-order valence-corrected chi connectivity index (χ1v) is 8.95. The molecule has 1 N–H and O–H groups in total. The van der Waals surface area contributed by atoms with E-state index in [1.807, 2.05) is 25.1 Å². The third-order valence-electron chi connectivity index (χ3n) is 4.55. The SMILES string of the molecule is Cc1cc(NCc2ccco2)nc(N2CCN(c3ccccc3)CC2)n1. The third kappa shape index (κ3) is 3.79. The van der Waals surface area contributed by atoms with Gasteiger partial charge >= 0.3 is 0 Å². The van der Waals surface area contributed by atoms with Crippen molar-refractivity contribution >= 4 is 17.5 Å². The van der Waals surface area contributed by atoms with E-state index in [2.05, 4.69) is 50.4 Å². The van der Waals surface area contributed by atoms with Gasteiger partial charge in [0.1, 0.15) is 11.6 Å². The van der Waals surface area contributed by atoms with Crippen LogP contribution in [-0.4, -0.2) is 36.1 Å². The zero-order valence-corrected chi connectivity index (χ0v) is 14.9. The highest BCUT2D eigenvalue weighted by molar-refractivity contribution is 5.49. The minimum absolute atomic E-state index is 0.616. The molecule has 1 aromatic carbocycles. The highest BCUT2D eigenvalue weighted by Crippen LogP contribution is 2.20. The van der Waals surface area contributed by atoms with E-state index in [9.17, 15) is 0 Å². The van der Waals surface area contributed by atoms with Crippen molar-refractivity contribution in [3.63, 3.8) is 0 Å². The van der Waals surface area contributed by atoms with Gasteiger partial charge in [-0.3, -0.25) is 0 Å². The summed E-state index contributed by atoms with van der Waals surface area (Å²) in [5.74, 6) is 2.51. The second kappa shape index (κ2) is 7.47. The molecule has 0 saturated carbocycles. The van der Waals surface area contributed by atoms with Gasteiger partial charge in [0.05, 0.1) is 12.8 Å². The van der Waals surface area contributed by atoms with Crippen LogP contribution in [0.5, 0.6) is 0 Å². The fourth-order valence-corrected chi connectivity index (χ4v) is 3.18.